The number of hydrogen-bond donors (Lipinski definition) is 2. The number of esters is 1. The number of methoxy groups -OCH3 is 1. The third kappa shape index (κ3) is 7.82. The van der Waals surface area contributed by atoms with E-state index in [0.717, 1.165) is 18.2 Å². The van der Waals surface area contributed by atoms with Gasteiger partial charge in [-0.1, -0.05) is 17.7 Å². The van der Waals surface area contributed by atoms with Gasteiger partial charge >= 0.3 is 12.1 Å². The summed E-state index contributed by atoms with van der Waals surface area (Å²) < 4.78 is 47.9. The lowest BCUT2D eigenvalue weighted by molar-refractivity contribution is -0.147. The first-order chi connectivity index (χ1) is 14.6. The maximum atomic E-state index is 12.7. The van der Waals surface area contributed by atoms with Crippen molar-refractivity contribution in [3.8, 4) is 5.75 Å². The number of anilines is 2. The molecular weight excluding hydrogens is 441 g/mol. The van der Waals surface area contributed by atoms with Gasteiger partial charge in [-0.15, -0.1) is 0 Å². The summed E-state index contributed by atoms with van der Waals surface area (Å²) in [6.07, 6.45) is -5.24. The van der Waals surface area contributed by atoms with Crippen LogP contribution in [0.2, 0.25) is 5.02 Å². The van der Waals surface area contributed by atoms with Gasteiger partial charge in [-0.2, -0.15) is 13.2 Å². The summed E-state index contributed by atoms with van der Waals surface area (Å²) >= 11 is 5.86. The van der Waals surface area contributed by atoms with Crippen molar-refractivity contribution in [2.45, 2.75) is 19.0 Å². The highest BCUT2D eigenvalue weighted by Crippen LogP contribution is 2.30. The molecule has 2 aromatic carbocycles. The average Bonchev–Trinajstić information content (AvgIpc) is 2.70. The van der Waals surface area contributed by atoms with Crippen LogP contribution >= 0.6 is 11.6 Å². The minimum atomic E-state index is -4.54. The average molecular weight is 459 g/mol. The van der Waals surface area contributed by atoms with E-state index >= 15 is 0 Å². The van der Waals surface area contributed by atoms with Gasteiger partial charge in [-0.3, -0.25) is 14.4 Å². The Balaban J connectivity index is 1.77. The third-order valence-corrected chi connectivity index (χ3v) is 4.06. The highest BCUT2D eigenvalue weighted by atomic mass is 35.5. The van der Waals surface area contributed by atoms with Crippen LogP contribution in [0.25, 0.3) is 0 Å². The standard InChI is InChI=1S/C20H18ClF3N2O5/c1-30-16-6-5-13(21)10-15(16)26-18(28)11-31-19(29)8-7-17(27)25-14-4-2-3-12(9-14)20(22,23)24/h2-6,9-10H,7-8,11H2,1H3,(H,25,27)(H,26,28). The molecular formula is C20H18ClF3N2O5. The molecule has 2 N–H and O–H groups in total. The van der Waals surface area contributed by atoms with Crippen molar-refractivity contribution < 1.29 is 37.0 Å². The summed E-state index contributed by atoms with van der Waals surface area (Å²) in [7, 11) is 1.41. The molecule has 0 unspecified atom stereocenters. The maximum absolute atomic E-state index is 12.7. The van der Waals surface area contributed by atoms with E-state index < -0.39 is 36.1 Å². The van der Waals surface area contributed by atoms with Crippen molar-refractivity contribution in [2.24, 2.45) is 0 Å². The van der Waals surface area contributed by atoms with Crippen LogP contribution in [0.5, 0.6) is 5.75 Å². The number of hydrogen-bond acceptors (Lipinski definition) is 5. The van der Waals surface area contributed by atoms with Crippen LogP contribution in [0.3, 0.4) is 0 Å². The second-order valence-corrected chi connectivity index (χ2v) is 6.62. The molecule has 11 heteroatoms. The Bertz CT molecular complexity index is 966. The SMILES string of the molecule is COc1ccc(Cl)cc1NC(=O)COC(=O)CCC(=O)Nc1cccc(C(F)(F)F)c1. The van der Waals surface area contributed by atoms with Gasteiger partial charge in [0.2, 0.25) is 5.91 Å². The Morgan fingerprint density at radius 1 is 1.00 bits per heavy atom. The van der Waals surface area contributed by atoms with Crippen LogP contribution in [0.4, 0.5) is 24.5 Å². The second kappa shape index (κ2) is 10.7. The second-order valence-electron chi connectivity index (χ2n) is 6.18. The molecule has 0 saturated carbocycles. The molecule has 0 spiro atoms. The number of alkyl halides is 3. The monoisotopic (exact) mass is 458 g/mol. The van der Waals surface area contributed by atoms with Crippen LogP contribution in [0.1, 0.15) is 18.4 Å². The fourth-order valence-electron chi connectivity index (χ4n) is 2.39. The van der Waals surface area contributed by atoms with Crippen molar-refractivity contribution in [1.82, 2.24) is 0 Å². The van der Waals surface area contributed by atoms with Gasteiger partial charge in [0.05, 0.1) is 24.8 Å². The fraction of sp³-hybridized carbons (Fsp3) is 0.250. The van der Waals surface area contributed by atoms with Crippen molar-refractivity contribution in [2.75, 3.05) is 24.4 Å². The normalized spacial score (nSPS) is 10.9. The summed E-state index contributed by atoms with van der Waals surface area (Å²) in [4.78, 5) is 35.5. The zero-order chi connectivity index (χ0) is 23.0. The minimum absolute atomic E-state index is 0.0527. The lowest BCUT2D eigenvalue weighted by Gasteiger charge is -2.11. The first-order valence-corrected chi connectivity index (χ1v) is 9.22. The quantitative estimate of drug-likeness (QED) is 0.576. The number of carbonyl (C=O) groups excluding carboxylic acids is 3. The van der Waals surface area contributed by atoms with Crippen molar-refractivity contribution in [3.63, 3.8) is 0 Å². The number of benzene rings is 2. The van der Waals surface area contributed by atoms with Crippen LogP contribution in [-0.2, 0) is 25.3 Å². The van der Waals surface area contributed by atoms with E-state index in [4.69, 9.17) is 21.1 Å². The van der Waals surface area contributed by atoms with E-state index in [2.05, 4.69) is 10.6 Å². The molecule has 0 aliphatic rings. The van der Waals surface area contributed by atoms with E-state index in [9.17, 15) is 27.6 Å². The first-order valence-electron chi connectivity index (χ1n) is 8.84. The van der Waals surface area contributed by atoms with Crippen LogP contribution in [0.15, 0.2) is 42.5 Å². The van der Waals surface area contributed by atoms with E-state index in [0.29, 0.717) is 10.8 Å². The van der Waals surface area contributed by atoms with Gasteiger partial charge in [0.15, 0.2) is 6.61 Å². The number of amides is 2. The molecule has 0 atom stereocenters. The smallest absolute Gasteiger partial charge is 0.416 e. The predicted molar refractivity (Wildman–Crippen MR) is 107 cm³/mol. The summed E-state index contributed by atoms with van der Waals surface area (Å²) in [6, 6.07) is 8.67. The Kier molecular flexibility index (Phi) is 8.26. The van der Waals surface area contributed by atoms with Crippen LogP contribution in [0, 0.1) is 0 Å². The molecule has 0 fully saturated rings. The molecule has 7 nitrogen and oxygen atoms in total. The molecule has 2 aromatic rings. The molecule has 31 heavy (non-hydrogen) atoms. The van der Waals surface area contributed by atoms with Gasteiger partial charge < -0.3 is 20.1 Å². The Morgan fingerprint density at radius 2 is 1.74 bits per heavy atom. The number of rotatable bonds is 8. The topological polar surface area (TPSA) is 93.7 Å². The van der Waals surface area contributed by atoms with Gasteiger partial charge in [-0.05, 0) is 36.4 Å². The van der Waals surface area contributed by atoms with Crippen molar-refractivity contribution in [1.29, 1.82) is 0 Å². The van der Waals surface area contributed by atoms with Gasteiger partial charge in [0, 0.05) is 17.1 Å². The molecule has 0 aliphatic heterocycles. The molecule has 166 valence electrons. The Hall–Kier alpha value is -3.27. The first kappa shape index (κ1) is 24.0. The third-order valence-electron chi connectivity index (χ3n) is 3.83. The molecule has 0 aliphatic carbocycles. The molecule has 0 bridgehead atoms. The van der Waals surface area contributed by atoms with Gasteiger partial charge in [0.25, 0.3) is 5.91 Å². The molecule has 0 aromatic heterocycles. The number of nitrogens with one attached hydrogen (secondary N) is 2. The molecule has 2 amide bonds. The lowest BCUT2D eigenvalue weighted by Crippen LogP contribution is -2.22. The number of ether oxygens (including phenoxy) is 2. The highest BCUT2D eigenvalue weighted by Gasteiger charge is 2.30. The number of halogens is 4. The summed E-state index contributed by atoms with van der Waals surface area (Å²) in [5, 5.41) is 5.11. The lowest BCUT2D eigenvalue weighted by atomic mass is 10.2. The van der Waals surface area contributed by atoms with Gasteiger partial charge in [-0.25, -0.2) is 0 Å². The zero-order valence-electron chi connectivity index (χ0n) is 16.2. The molecule has 0 radical (unpaired) electrons. The maximum Gasteiger partial charge on any atom is 0.416 e. The number of carbonyl (C=O) groups is 3. The van der Waals surface area contributed by atoms with E-state index in [1.54, 1.807) is 12.1 Å². The summed E-state index contributed by atoms with van der Waals surface area (Å²) in [5.74, 6) is -1.80. The summed E-state index contributed by atoms with van der Waals surface area (Å²) in [5.41, 5.74) is -0.674. The van der Waals surface area contributed by atoms with E-state index in [1.165, 1.54) is 19.2 Å². The Labute approximate surface area is 180 Å². The van der Waals surface area contributed by atoms with E-state index in [1.807, 2.05) is 0 Å². The van der Waals surface area contributed by atoms with Crippen molar-refractivity contribution in [3.05, 3.63) is 53.1 Å². The summed E-state index contributed by atoms with van der Waals surface area (Å²) in [6.45, 7) is -0.607. The largest absolute Gasteiger partial charge is 0.495 e. The van der Waals surface area contributed by atoms with Crippen molar-refractivity contribution >= 4 is 40.8 Å². The minimum Gasteiger partial charge on any atom is -0.495 e. The molecule has 0 heterocycles. The van der Waals surface area contributed by atoms with E-state index in [-0.39, 0.29) is 24.2 Å². The Morgan fingerprint density at radius 3 is 2.42 bits per heavy atom. The van der Waals surface area contributed by atoms with Gasteiger partial charge in [0.1, 0.15) is 5.75 Å². The molecule has 0 saturated heterocycles. The highest BCUT2D eigenvalue weighted by molar-refractivity contribution is 6.31. The zero-order valence-corrected chi connectivity index (χ0v) is 17.0. The van der Waals surface area contributed by atoms with Crippen LogP contribution in [-0.4, -0.2) is 31.5 Å². The fourth-order valence-corrected chi connectivity index (χ4v) is 2.57. The van der Waals surface area contributed by atoms with Crippen LogP contribution < -0.4 is 15.4 Å². The predicted octanol–water partition coefficient (Wildman–Crippen LogP) is 4.27. The molecule has 2 rings (SSSR count).